The molecule has 0 N–H and O–H groups in total. The van der Waals surface area contributed by atoms with Crippen LogP contribution >= 0.6 is 0 Å². The van der Waals surface area contributed by atoms with Crippen molar-refractivity contribution in [3.05, 3.63) is 0 Å². The third-order valence-electron chi connectivity index (χ3n) is 3.94. The fourth-order valence-electron chi connectivity index (χ4n) is 2.64. The lowest BCUT2D eigenvalue weighted by Crippen LogP contribution is -2.50. The molecule has 0 aromatic heterocycles. The molecule has 0 saturated carbocycles. The molecule has 3 heteroatoms. The Balaban J connectivity index is 0. The number of halogens is 2. The molecule has 0 unspecified atom stereocenters. The van der Waals surface area contributed by atoms with Crippen LogP contribution < -0.4 is 0 Å². The first-order chi connectivity index (χ1) is 9.66. The monoisotopic (exact) mass is 281 g/mol. The summed E-state index contributed by atoms with van der Waals surface area (Å²) in [6.45, 7) is 15.0. The third kappa shape index (κ3) is 11.4. The van der Waals surface area contributed by atoms with Gasteiger partial charge in [-0.2, -0.15) is 0 Å². The van der Waals surface area contributed by atoms with Gasteiger partial charge >= 0.3 is 0 Å². The van der Waals surface area contributed by atoms with E-state index in [9.17, 15) is 9.44 Å². The third-order valence-corrected chi connectivity index (χ3v) is 3.94. The fourth-order valence-corrected chi connectivity index (χ4v) is 2.64. The minimum atomic E-state index is -0.250. The Hall–Kier alpha value is -0.180. The summed E-state index contributed by atoms with van der Waals surface area (Å²) >= 11 is 0. The van der Waals surface area contributed by atoms with Crippen LogP contribution in [0.25, 0.3) is 0 Å². The van der Waals surface area contributed by atoms with E-state index in [0.29, 0.717) is 0 Å². The summed E-state index contributed by atoms with van der Waals surface area (Å²) in [4.78, 5) is 0. The standard InChI is InChI=1S/C16H36N.F2H/c1-5-9-13-17(14-10-6-2,15-11-7-3)16-12-8-4;1-3-2/h5-16H2,1-4H3;/q+1;-1. The largest absolute Gasteiger partial charge is 0.590 e. The van der Waals surface area contributed by atoms with Gasteiger partial charge in [0.1, 0.15) is 0 Å². The average Bonchev–Trinajstić information content (AvgIpc) is 2.46. The van der Waals surface area contributed by atoms with Crippen molar-refractivity contribution >= 4 is 0 Å². The number of hydrogen-bond acceptors (Lipinski definition) is 0. The molecule has 0 radical (unpaired) electrons. The second-order valence-electron chi connectivity index (χ2n) is 5.65. The van der Waals surface area contributed by atoms with Crippen LogP contribution in [-0.4, -0.2) is 32.1 Å². The summed E-state index contributed by atoms with van der Waals surface area (Å²) < 4.78 is 19.9. The first-order valence-electron chi connectivity index (χ1n) is 8.85. The van der Waals surface area contributed by atoms with E-state index in [0.717, 1.165) is 0 Å². The Labute approximate surface area is 121 Å². The van der Waals surface area contributed by atoms with Crippen LogP contribution in [0.4, 0.5) is 9.44 Å². The van der Waals surface area contributed by atoms with Gasteiger partial charge in [-0.05, 0) is 25.7 Å². The van der Waals surface area contributed by atoms with Crippen molar-refractivity contribution in [2.45, 2.75) is 79.1 Å². The predicted octanol–water partition coefficient (Wildman–Crippen LogP) is 5.58. The second-order valence-corrected chi connectivity index (χ2v) is 5.65. The van der Waals surface area contributed by atoms with Gasteiger partial charge in [-0.25, -0.2) is 0 Å². The predicted molar refractivity (Wildman–Crippen MR) is 83.0 cm³/mol. The van der Waals surface area contributed by atoms with E-state index in [-0.39, 0.29) is 1.48 Å². The zero-order valence-electron chi connectivity index (χ0n) is 14.7. The summed E-state index contributed by atoms with van der Waals surface area (Å²) in [6.07, 6.45) is 11.1. The van der Waals surface area contributed by atoms with Crippen LogP contribution in [0.3, 0.4) is 0 Å². The van der Waals surface area contributed by atoms with Gasteiger partial charge in [0, 0.05) is 0 Å². The van der Waals surface area contributed by atoms with E-state index < -0.39 is 0 Å². The highest BCUT2D eigenvalue weighted by Gasteiger charge is 2.24. The smallest absolute Gasteiger partial charge is 0.180 e. The zero-order valence-corrected chi connectivity index (χ0v) is 13.7. The van der Waals surface area contributed by atoms with Crippen molar-refractivity contribution < 1.29 is 13.9 Å². The molecule has 0 saturated heterocycles. The van der Waals surface area contributed by atoms with E-state index in [1.54, 1.807) is 0 Å². The Morgan fingerprint density at radius 2 is 0.842 bits per heavy atom. The molecule has 0 spiro atoms. The number of rotatable bonds is 12. The second kappa shape index (κ2) is 15.9. The molecule has 19 heavy (non-hydrogen) atoms. The molecule has 0 rings (SSSR count). The molecule has 0 aromatic rings. The van der Waals surface area contributed by atoms with Crippen LogP contribution in [0.1, 0.15) is 79.1 Å². The van der Waals surface area contributed by atoms with Crippen molar-refractivity contribution in [3.8, 4) is 0 Å². The highest BCUT2D eigenvalue weighted by molar-refractivity contribution is 4.49. The maximum atomic E-state index is 9.38. The van der Waals surface area contributed by atoms with E-state index >= 15 is 0 Å². The van der Waals surface area contributed by atoms with E-state index in [4.69, 9.17) is 0 Å². The summed E-state index contributed by atoms with van der Waals surface area (Å²) in [5.74, 6) is 0. The van der Waals surface area contributed by atoms with Gasteiger partial charge in [0.15, 0.2) is 1.48 Å². The Morgan fingerprint density at radius 3 is 1.00 bits per heavy atom. The summed E-state index contributed by atoms with van der Waals surface area (Å²) in [5.41, 5.74) is 0. The van der Waals surface area contributed by atoms with Gasteiger partial charge in [0.25, 0.3) is 0 Å². The van der Waals surface area contributed by atoms with Crippen LogP contribution in [0, 0.1) is 0 Å². The van der Waals surface area contributed by atoms with Crippen molar-refractivity contribution in [2.75, 3.05) is 26.2 Å². The average molecular weight is 281 g/mol. The van der Waals surface area contributed by atoms with Crippen molar-refractivity contribution in [1.82, 2.24) is 0 Å². The van der Waals surface area contributed by atoms with Crippen LogP contribution in [0.5, 0.6) is 0 Å². The molecule has 0 aliphatic carbocycles. The van der Waals surface area contributed by atoms with Gasteiger partial charge < -0.3 is 13.9 Å². The van der Waals surface area contributed by atoms with Gasteiger partial charge in [0.05, 0.1) is 26.2 Å². The minimum absolute atomic E-state index is 0.250. The maximum Gasteiger partial charge on any atom is 0.180 e. The van der Waals surface area contributed by atoms with Crippen LogP contribution in [0.15, 0.2) is 0 Å². The number of unbranched alkanes of at least 4 members (excludes halogenated alkanes) is 4. The molecule has 0 aliphatic rings. The lowest BCUT2D eigenvalue weighted by Gasteiger charge is -2.39. The molecule has 0 amide bonds. The Morgan fingerprint density at radius 1 is 0.632 bits per heavy atom. The summed E-state index contributed by atoms with van der Waals surface area (Å²) in [5, 5.41) is 0. The lowest BCUT2D eigenvalue weighted by molar-refractivity contribution is -0.929. The summed E-state index contributed by atoms with van der Waals surface area (Å²) in [7, 11) is 0. The molecular formula is C16H37F2N. The molecule has 0 fully saturated rings. The maximum absolute atomic E-state index is 9.38. The molecule has 0 bridgehead atoms. The minimum Gasteiger partial charge on any atom is -0.590 e. The molecular weight excluding hydrogens is 244 g/mol. The van der Waals surface area contributed by atoms with Crippen molar-refractivity contribution in [1.29, 1.82) is 1.48 Å². The Bertz CT molecular complexity index is 142. The Kier molecular flexibility index (Phi) is 15.7. The van der Waals surface area contributed by atoms with Crippen LogP contribution in [0.2, 0.25) is 0 Å². The topological polar surface area (TPSA) is 0 Å². The first kappa shape index (κ1) is 18.8. The number of nitrogens with zero attached hydrogens (tertiary/aromatic N) is 1. The fraction of sp³-hybridized carbons (Fsp3) is 1.00. The van der Waals surface area contributed by atoms with Crippen molar-refractivity contribution in [2.24, 2.45) is 0 Å². The first-order valence-corrected chi connectivity index (χ1v) is 8.09. The molecule has 0 aliphatic heterocycles. The van der Waals surface area contributed by atoms with Crippen molar-refractivity contribution in [3.63, 3.8) is 0 Å². The zero-order chi connectivity index (χ0) is 15.7. The highest BCUT2D eigenvalue weighted by Crippen LogP contribution is 2.16. The van der Waals surface area contributed by atoms with E-state index in [1.807, 2.05) is 0 Å². The van der Waals surface area contributed by atoms with Crippen LogP contribution in [-0.2, 0) is 0 Å². The highest BCUT2D eigenvalue weighted by atomic mass is 19.0. The van der Waals surface area contributed by atoms with E-state index in [2.05, 4.69) is 27.7 Å². The normalized spacial score (nSPS) is 11.3. The molecule has 1 nitrogen and oxygen atoms in total. The molecule has 0 heterocycles. The van der Waals surface area contributed by atoms with Gasteiger partial charge in [0.2, 0.25) is 0 Å². The van der Waals surface area contributed by atoms with Gasteiger partial charge in [-0.15, -0.1) is 0 Å². The van der Waals surface area contributed by atoms with Gasteiger partial charge in [-0.1, -0.05) is 53.4 Å². The number of quaternary nitrogens is 1. The molecule has 120 valence electrons. The number of hydrogen-bond donors (Lipinski definition) is 0. The van der Waals surface area contributed by atoms with E-state index in [1.165, 1.54) is 82.0 Å². The summed E-state index contributed by atoms with van der Waals surface area (Å²) in [6, 6.07) is 0. The SMILES string of the molecule is CCCC[N+](CCCC)(CCCC)CCCC.F[H-]F. The van der Waals surface area contributed by atoms with Gasteiger partial charge in [-0.3, -0.25) is 0 Å². The molecule has 0 atom stereocenters. The molecule has 0 aromatic carbocycles. The quantitative estimate of drug-likeness (QED) is 0.410. The lowest BCUT2D eigenvalue weighted by atomic mass is 10.1.